The van der Waals surface area contributed by atoms with Gasteiger partial charge >= 0.3 is 0 Å². The molecular formula is C14H18N2O3S. The lowest BCUT2D eigenvalue weighted by atomic mass is 10.0. The number of sulfone groups is 1. The largest absolute Gasteiger partial charge is 0.387 e. The first-order valence-corrected chi connectivity index (χ1v) is 8.14. The molecule has 0 radical (unpaired) electrons. The standard InChI is InChI=1S/C14H18N2O3S/c1-10-6-11(2)8-12(7-10)13(17)9-16-5-4-15-14(16)20(3,18)19/h4-8,13,17H,9H2,1-3H3. The van der Waals surface area contributed by atoms with Crippen LogP contribution in [0.15, 0.2) is 35.7 Å². The molecule has 108 valence electrons. The summed E-state index contributed by atoms with van der Waals surface area (Å²) in [5.41, 5.74) is 2.90. The van der Waals surface area contributed by atoms with Gasteiger partial charge in [0.1, 0.15) is 0 Å². The van der Waals surface area contributed by atoms with Crippen molar-refractivity contribution in [2.24, 2.45) is 0 Å². The van der Waals surface area contributed by atoms with E-state index in [4.69, 9.17) is 0 Å². The van der Waals surface area contributed by atoms with Crippen LogP contribution in [-0.2, 0) is 16.4 Å². The number of hydrogen-bond donors (Lipinski definition) is 1. The van der Waals surface area contributed by atoms with Crippen molar-refractivity contribution in [1.29, 1.82) is 0 Å². The van der Waals surface area contributed by atoms with Crippen molar-refractivity contribution in [2.45, 2.75) is 31.7 Å². The molecule has 0 saturated heterocycles. The Hall–Kier alpha value is -1.66. The van der Waals surface area contributed by atoms with E-state index in [1.54, 1.807) is 6.20 Å². The van der Waals surface area contributed by atoms with Gasteiger partial charge in [-0.2, -0.15) is 0 Å². The molecule has 0 fully saturated rings. The third-order valence-corrected chi connectivity index (χ3v) is 4.01. The highest BCUT2D eigenvalue weighted by atomic mass is 32.2. The van der Waals surface area contributed by atoms with E-state index in [2.05, 4.69) is 4.98 Å². The smallest absolute Gasteiger partial charge is 0.227 e. The third-order valence-electron chi connectivity index (χ3n) is 3.01. The lowest BCUT2D eigenvalue weighted by molar-refractivity contribution is 0.153. The van der Waals surface area contributed by atoms with E-state index in [-0.39, 0.29) is 11.7 Å². The number of aliphatic hydroxyl groups is 1. The van der Waals surface area contributed by atoms with E-state index in [0.717, 1.165) is 22.9 Å². The zero-order chi connectivity index (χ0) is 14.9. The number of hydrogen-bond acceptors (Lipinski definition) is 4. The van der Waals surface area contributed by atoms with Crippen molar-refractivity contribution in [2.75, 3.05) is 6.26 Å². The molecule has 0 saturated carbocycles. The summed E-state index contributed by atoms with van der Waals surface area (Å²) in [6.07, 6.45) is 3.31. The fourth-order valence-electron chi connectivity index (χ4n) is 2.26. The van der Waals surface area contributed by atoms with Crippen LogP contribution in [-0.4, -0.2) is 29.3 Å². The Kier molecular flexibility index (Phi) is 3.96. The minimum atomic E-state index is -3.39. The normalized spacial score (nSPS) is 13.4. The van der Waals surface area contributed by atoms with Crippen LogP contribution in [0.1, 0.15) is 22.8 Å². The molecule has 1 N–H and O–H groups in total. The molecule has 1 aromatic carbocycles. The number of rotatable bonds is 4. The van der Waals surface area contributed by atoms with Crippen LogP contribution in [0.2, 0.25) is 0 Å². The minimum Gasteiger partial charge on any atom is -0.387 e. The molecule has 1 unspecified atom stereocenters. The maximum atomic E-state index is 11.6. The van der Waals surface area contributed by atoms with Crippen LogP contribution in [0.3, 0.4) is 0 Å². The Morgan fingerprint density at radius 1 is 1.25 bits per heavy atom. The highest BCUT2D eigenvalue weighted by Gasteiger charge is 2.17. The second-order valence-corrected chi connectivity index (χ2v) is 6.98. The van der Waals surface area contributed by atoms with Crippen LogP contribution in [0.5, 0.6) is 0 Å². The first kappa shape index (κ1) is 14.7. The summed E-state index contributed by atoms with van der Waals surface area (Å²) in [5.74, 6) is 0. The molecule has 0 aliphatic carbocycles. The van der Waals surface area contributed by atoms with E-state index in [9.17, 15) is 13.5 Å². The lowest BCUT2D eigenvalue weighted by Gasteiger charge is -2.14. The number of imidazole rings is 1. The lowest BCUT2D eigenvalue weighted by Crippen LogP contribution is -2.14. The third kappa shape index (κ3) is 3.26. The molecule has 1 heterocycles. The van der Waals surface area contributed by atoms with Crippen molar-refractivity contribution in [1.82, 2.24) is 9.55 Å². The van der Waals surface area contributed by atoms with Crippen molar-refractivity contribution < 1.29 is 13.5 Å². The fourth-order valence-corrected chi connectivity index (χ4v) is 3.07. The molecule has 0 aliphatic heterocycles. The summed E-state index contributed by atoms with van der Waals surface area (Å²) >= 11 is 0. The van der Waals surface area contributed by atoms with Crippen molar-refractivity contribution in [3.05, 3.63) is 47.3 Å². The Labute approximate surface area is 118 Å². The predicted octanol–water partition coefficient (Wildman–Crippen LogP) is 1.64. The van der Waals surface area contributed by atoms with Crippen LogP contribution in [0.4, 0.5) is 0 Å². The molecule has 0 spiro atoms. The summed E-state index contributed by atoms with van der Waals surface area (Å²) in [6, 6.07) is 5.82. The average molecular weight is 294 g/mol. The van der Waals surface area contributed by atoms with Gasteiger partial charge in [0.25, 0.3) is 0 Å². The molecule has 20 heavy (non-hydrogen) atoms. The molecule has 0 amide bonds. The van der Waals surface area contributed by atoms with E-state index >= 15 is 0 Å². The van der Waals surface area contributed by atoms with Gasteiger partial charge in [0, 0.05) is 18.6 Å². The van der Waals surface area contributed by atoms with E-state index in [1.165, 1.54) is 10.8 Å². The van der Waals surface area contributed by atoms with Gasteiger partial charge in [0.2, 0.25) is 15.0 Å². The van der Waals surface area contributed by atoms with Crippen LogP contribution >= 0.6 is 0 Å². The van der Waals surface area contributed by atoms with Crippen molar-refractivity contribution in [3.63, 3.8) is 0 Å². The SMILES string of the molecule is Cc1cc(C)cc(C(O)Cn2ccnc2S(C)(=O)=O)c1. The number of aliphatic hydroxyl groups excluding tert-OH is 1. The van der Waals surface area contributed by atoms with Gasteiger partial charge in [-0.1, -0.05) is 29.3 Å². The molecule has 2 rings (SSSR count). The number of nitrogens with zero attached hydrogens (tertiary/aromatic N) is 2. The molecule has 0 aliphatic rings. The summed E-state index contributed by atoms with van der Waals surface area (Å²) < 4.78 is 24.6. The fraction of sp³-hybridized carbons (Fsp3) is 0.357. The molecule has 1 atom stereocenters. The Morgan fingerprint density at radius 3 is 2.40 bits per heavy atom. The molecule has 0 bridgehead atoms. The van der Waals surface area contributed by atoms with Crippen LogP contribution < -0.4 is 0 Å². The van der Waals surface area contributed by atoms with Gasteiger partial charge in [-0.25, -0.2) is 13.4 Å². The van der Waals surface area contributed by atoms with Gasteiger partial charge in [0.15, 0.2) is 0 Å². The van der Waals surface area contributed by atoms with Gasteiger partial charge in [-0.05, 0) is 19.4 Å². The van der Waals surface area contributed by atoms with Crippen LogP contribution in [0, 0.1) is 13.8 Å². The molecule has 5 nitrogen and oxygen atoms in total. The topological polar surface area (TPSA) is 72.2 Å². The minimum absolute atomic E-state index is 0.0269. The first-order chi connectivity index (χ1) is 9.27. The van der Waals surface area contributed by atoms with E-state index < -0.39 is 15.9 Å². The molecule has 2 aromatic rings. The Bertz CT molecular complexity index is 700. The highest BCUT2D eigenvalue weighted by Crippen LogP contribution is 2.20. The second kappa shape index (κ2) is 5.38. The number of benzene rings is 1. The summed E-state index contributed by atoms with van der Waals surface area (Å²) in [5, 5.41) is 10.3. The quantitative estimate of drug-likeness (QED) is 0.930. The van der Waals surface area contributed by atoms with E-state index in [0.29, 0.717) is 0 Å². The van der Waals surface area contributed by atoms with Gasteiger partial charge in [0.05, 0.1) is 12.6 Å². The second-order valence-electron chi connectivity index (χ2n) is 5.07. The van der Waals surface area contributed by atoms with Crippen LogP contribution in [0.25, 0.3) is 0 Å². The highest BCUT2D eigenvalue weighted by molar-refractivity contribution is 7.90. The molecular weight excluding hydrogens is 276 g/mol. The Balaban J connectivity index is 2.28. The summed E-state index contributed by atoms with van der Waals surface area (Å²) in [4.78, 5) is 3.83. The Morgan fingerprint density at radius 2 is 1.85 bits per heavy atom. The molecule has 6 heteroatoms. The average Bonchev–Trinajstić information content (AvgIpc) is 2.75. The maximum Gasteiger partial charge on any atom is 0.227 e. The first-order valence-electron chi connectivity index (χ1n) is 6.25. The van der Waals surface area contributed by atoms with Gasteiger partial charge in [-0.15, -0.1) is 0 Å². The monoisotopic (exact) mass is 294 g/mol. The van der Waals surface area contributed by atoms with Gasteiger partial charge < -0.3 is 9.67 Å². The molecule has 1 aromatic heterocycles. The predicted molar refractivity (Wildman–Crippen MR) is 76.2 cm³/mol. The summed E-state index contributed by atoms with van der Waals surface area (Å²) in [6.45, 7) is 4.08. The zero-order valence-electron chi connectivity index (χ0n) is 11.7. The number of aryl methyl sites for hydroxylation is 2. The van der Waals surface area contributed by atoms with Gasteiger partial charge in [-0.3, -0.25) is 0 Å². The zero-order valence-corrected chi connectivity index (χ0v) is 12.6. The van der Waals surface area contributed by atoms with E-state index in [1.807, 2.05) is 32.0 Å². The van der Waals surface area contributed by atoms with Crippen molar-refractivity contribution in [3.8, 4) is 0 Å². The maximum absolute atomic E-state index is 11.6. The van der Waals surface area contributed by atoms with Crippen molar-refractivity contribution >= 4 is 9.84 Å². The summed E-state index contributed by atoms with van der Waals surface area (Å²) in [7, 11) is -3.39. The number of aromatic nitrogens is 2.